The molecule has 1 heterocycles. The van der Waals surface area contributed by atoms with Crippen LogP contribution in [0.15, 0.2) is 18.2 Å². The summed E-state index contributed by atoms with van der Waals surface area (Å²) < 4.78 is 0. The lowest BCUT2D eigenvalue weighted by atomic mass is 9.86. The Morgan fingerprint density at radius 3 is 2.85 bits per heavy atom. The molecule has 3 heteroatoms. The molecule has 2 fully saturated rings. The molecule has 3 rings (SSSR count). The molecule has 0 aromatic carbocycles. The molecule has 2 atom stereocenters. The van der Waals surface area contributed by atoms with Gasteiger partial charge < -0.3 is 10.2 Å². The molecule has 3 nitrogen and oxygen atoms in total. The maximum atomic E-state index is 4.84. The second kappa shape index (κ2) is 6.13. The van der Waals surface area contributed by atoms with E-state index in [4.69, 9.17) is 4.98 Å². The SMILES string of the molecule is CC1CCCC(N(C)c2cccc(CNC3CC3)n2)C1. The predicted octanol–water partition coefficient (Wildman–Crippen LogP) is 3.35. The smallest absolute Gasteiger partial charge is 0.128 e. The highest BCUT2D eigenvalue weighted by molar-refractivity contribution is 5.39. The van der Waals surface area contributed by atoms with Crippen LogP contribution in [0, 0.1) is 5.92 Å². The van der Waals surface area contributed by atoms with E-state index in [0.29, 0.717) is 6.04 Å². The van der Waals surface area contributed by atoms with Crippen LogP contribution in [-0.4, -0.2) is 24.1 Å². The van der Waals surface area contributed by atoms with Crippen LogP contribution >= 0.6 is 0 Å². The van der Waals surface area contributed by atoms with E-state index in [1.165, 1.54) is 44.2 Å². The summed E-state index contributed by atoms with van der Waals surface area (Å²) in [6.07, 6.45) is 8.04. The molecule has 2 aliphatic rings. The molecule has 1 aromatic heterocycles. The first-order valence-electron chi connectivity index (χ1n) is 8.14. The van der Waals surface area contributed by atoms with Gasteiger partial charge in [0.1, 0.15) is 5.82 Å². The van der Waals surface area contributed by atoms with Crippen molar-refractivity contribution >= 4 is 5.82 Å². The zero-order chi connectivity index (χ0) is 13.9. The summed E-state index contributed by atoms with van der Waals surface area (Å²) >= 11 is 0. The highest BCUT2D eigenvalue weighted by atomic mass is 15.2. The van der Waals surface area contributed by atoms with Gasteiger partial charge in [-0.25, -0.2) is 4.98 Å². The second-order valence-corrected chi connectivity index (χ2v) is 6.68. The summed E-state index contributed by atoms with van der Waals surface area (Å²) in [6, 6.07) is 7.85. The standard InChI is InChI=1S/C17H27N3/c1-13-5-3-7-16(11-13)20(2)17-8-4-6-15(19-17)12-18-14-9-10-14/h4,6,8,13-14,16,18H,3,5,7,9-12H2,1-2H3. The molecule has 0 radical (unpaired) electrons. The first kappa shape index (κ1) is 13.9. The lowest BCUT2D eigenvalue weighted by Crippen LogP contribution is -2.36. The van der Waals surface area contributed by atoms with Gasteiger partial charge in [0.15, 0.2) is 0 Å². The number of nitrogens with zero attached hydrogens (tertiary/aromatic N) is 2. The van der Waals surface area contributed by atoms with Crippen LogP contribution in [0.4, 0.5) is 5.82 Å². The molecule has 110 valence electrons. The maximum absolute atomic E-state index is 4.84. The minimum absolute atomic E-state index is 0.665. The van der Waals surface area contributed by atoms with Crippen molar-refractivity contribution in [2.75, 3.05) is 11.9 Å². The quantitative estimate of drug-likeness (QED) is 0.891. The number of hydrogen-bond donors (Lipinski definition) is 1. The first-order valence-corrected chi connectivity index (χ1v) is 8.14. The minimum atomic E-state index is 0.665. The molecule has 2 aliphatic carbocycles. The van der Waals surface area contributed by atoms with Crippen molar-refractivity contribution in [3.05, 3.63) is 23.9 Å². The van der Waals surface area contributed by atoms with Crippen LogP contribution in [0.1, 0.15) is 51.1 Å². The van der Waals surface area contributed by atoms with E-state index in [1.807, 2.05) is 0 Å². The fourth-order valence-electron chi connectivity index (χ4n) is 3.24. The van der Waals surface area contributed by atoms with Crippen LogP contribution < -0.4 is 10.2 Å². The Labute approximate surface area is 122 Å². The van der Waals surface area contributed by atoms with Gasteiger partial charge in [0.25, 0.3) is 0 Å². The number of pyridine rings is 1. The van der Waals surface area contributed by atoms with Crippen molar-refractivity contribution in [3.8, 4) is 0 Å². The van der Waals surface area contributed by atoms with Gasteiger partial charge in [0, 0.05) is 25.7 Å². The zero-order valence-corrected chi connectivity index (χ0v) is 12.8. The van der Waals surface area contributed by atoms with Crippen LogP contribution in [0.5, 0.6) is 0 Å². The molecule has 0 amide bonds. The van der Waals surface area contributed by atoms with Gasteiger partial charge in [-0.3, -0.25) is 0 Å². The van der Waals surface area contributed by atoms with Crippen molar-refractivity contribution in [2.45, 2.75) is 64.1 Å². The first-order chi connectivity index (χ1) is 9.72. The van der Waals surface area contributed by atoms with E-state index in [1.54, 1.807) is 0 Å². The third-order valence-corrected chi connectivity index (χ3v) is 4.76. The molecule has 0 aliphatic heterocycles. The Morgan fingerprint density at radius 2 is 2.10 bits per heavy atom. The molecular weight excluding hydrogens is 246 g/mol. The van der Waals surface area contributed by atoms with Gasteiger partial charge in [-0.15, -0.1) is 0 Å². The fraction of sp³-hybridized carbons (Fsp3) is 0.706. The Morgan fingerprint density at radius 1 is 1.25 bits per heavy atom. The summed E-state index contributed by atoms with van der Waals surface area (Å²) in [5.41, 5.74) is 1.17. The van der Waals surface area contributed by atoms with Crippen molar-refractivity contribution < 1.29 is 0 Å². The van der Waals surface area contributed by atoms with Gasteiger partial charge in [-0.2, -0.15) is 0 Å². The van der Waals surface area contributed by atoms with Crippen LogP contribution in [0.3, 0.4) is 0 Å². The average Bonchev–Trinajstić information content (AvgIpc) is 3.29. The molecule has 2 unspecified atom stereocenters. The minimum Gasteiger partial charge on any atom is -0.357 e. The van der Waals surface area contributed by atoms with E-state index >= 15 is 0 Å². The molecule has 1 N–H and O–H groups in total. The van der Waals surface area contributed by atoms with Gasteiger partial charge in [-0.1, -0.05) is 25.8 Å². The molecule has 0 spiro atoms. The molecule has 2 saturated carbocycles. The van der Waals surface area contributed by atoms with Gasteiger partial charge in [0.05, 0.1) is 5.69 Å². The van der Waals surface area contributed by atoms with E-state index in [9.17, 15) is 0 Å². The largest absolute Gasteiger partial charge is 0.357 e. The van der Waals surface area contributed by atoms with Crippen molar-refractivity contribution in [1.29, 1.82) is 0 Å². The predicted molar refractivity (Wildman–Crippen MR) is 83.9 cm³/mol. The van der Waals surface area contributed by atoms with Gasteiger partial charge in [-0.05, 0) is 43.7 Å². The van der Waals surface area contributed by atoms with E-state index in [2.05, 4.69) is 42.4 Å². The second-order valence-electron chi connectivity index (χ2n) is 6.68. The number of nitrogens with one attached hydrogen (secondary N) is 1. The van der Waals surface area contributed by atoms with Crippen molar-refractivity contribution in [1.82, 2.24) is 10.3 Å². The Bertz CT molecular complexity index is 442. The molecule has 0 saturated heterocycles. The van der Waals surface area contributed by atoms with Crippen LogP contribution in [0.25, 0.3) is 0 Å². The van der Waals surface area contributed by atoms with E-state index < -0.39 is 0 Å². The highest BCUT2D eigenvalue weighted by Crippen LogP contribution is 2.29. The molecule has 1 aromatic rings. The number of hydrogen-bond acceptors (Lipinski definition) is 3. The molecule has 0 bridgehead atoms. The summed E-state index contributed by atoms with van der Waals surface area (Å²) in [5.74, 6) is 2.00. The highest BCUT2D eigenvalue weighted by Gasteiger charge is 2.23. The fourth-order valence-corrected chi connectivity index (χ4v) is 3.24. The average molecular weight is 273 g/mol. The summed E-state index contributed by atoms with van der Waals surface area (Å²) in [6.45, 7) is 3.29. The summed E-state index contributed by atoms with van der Waals surface area (Å²) in [5, 5.41) is 3.54. The lowest BCUT2D eigenvalue weighted by Gasteiger charge is -2.35. The Balaban J connectivity index is 1.63. The number of rotatable bonds is 5. The van der Waals surface area contributed by atoms with Gasteiger partial charge in [0.2, 0.25) is 0 Å². The van der Waals surface area contributed by atoms with E-state index in [-0.39, 0.29) is 0 Å². The topological polar surface area (TPSA) is 28.2 Å². The number of aromatic nitrogens is 1. The third-order valence-electron chi connectivity index (χ3n) is 4.76. The summed E-state index contributed by atoms with van der Waals surface area (Å²) in [4.78, 5) is 7.24. The lowest BCUT2D eigenvalue weighted by molar-refractivity contribution is 0.335. The van der Waals surface area contributed by atoms with Crippen LogP contribution in [0.2, 0.25) is 0 Å². The van der Waals surface area contributed by atoms with E-state index in [0.717, 1.165) is 24.3 Å². The normalized spacial score (nSPS) is 26.5. The molecule has 20 heavy (non-hydrogen) atoms. The Hall–Kier alpha value is -1.09. The maximum Gasteiger partial charge on any atom is 0.128 e. The third kappa shape index (κ3) is 3.51. The molecular formula is C17H27N3. The zero-order valence-electron chi connectivity index (χ0n) is 12.8. The summed E-state index contributed by atoms with van der Waals surface area (Å²) in [7, 11) is 2.21. The van der Waals surface area contributed by atoms with Gasteiger partial charge >= 0.3 is 0 Å². The Kier molecular flexibility index (Phi) is 4.25. The number of anilines is 1. The van der Waals surface area contributed by atoms with Crippen molar-refractivity contribution in [2.24, 2.45) is 5.92 Å². The van der Waals surface area contributed by atoms with Crippen LogP contribution in [-0.2, 0) is 6.54 Å². The monoisotopic (exact) mass is 273 g/mol. The van der Waals surface area contributed by atoms with Crippen molar-refractivity contribution in [3.63, 3.8) is 0 Å².